The van der Waals surface area contributed by atoms with Crippen molar-refractivity contribution in [1.82, 2.24) is 0 Å². The number of benzene rings is 4. The van der Waals surface area contributed by atoms with E-state index in [4.69, 9.17) is 9.15 Å². The van der Waals surface area contributed by atoms with Crippen LogP contribution in [0.3, 0.4) is 0 Å². The number of ether oxygens (including phenoxy) is 1. The molecular formula is C29H24N2O5S. The van der Waals surface area contributed by atoms with E-state index in [1.54, 1.807) is 48.5 Å². The maximum Gasteiger partial charge on any atom is 0.267 e. The van der Waals surface area contributed by atoms with Gasteiger partial charge in [0.15, 0.2) is 6.10 Å². The summed E-state index contributed by atoms with van der Waals surface area (Å²) in [7, 11) is -3.93. The van der Waals surface area contributed by atoms with Crippen molar-refractivity contribution >= 4 is 49.2 Å². The van der Waals surface area contributed by atoms with E-state index < -0.39 is 22.0 Å². The Morgan fingerprint density at radius 2 is 1.59 bits per heavy atom. The number of rotatable bonds is 4. The zero-order chi connectivity index (χ0) is 25.7. The minimum absolute atomic E-state index is 0.154. The summed E-state index contributed by atoms with van der Waals surface area (Å²) in [6, 6.07) is 25.1. The summed E-state index contributed by atoms with van der Waals surface area (Å²) in [5.74, 6) is -0.110. The van der Waals surface area contributed by atoms with Gasteiger partial charge in [0.05, 0.1) is 17.1 Å². The number of sulfonamides is 1. The zero-order valence-corrected chi connectivity index (χ0v) is 21.1. The molecule has 0 unspecified atom stereocenters. The van der Waals surface area contributed by atoms with Crippen molar-refractivity contribution < 1.29 is 22.4 Å². The lowest BCUT2D eigenvalue weighted by Crippen LogP contribution is -2.48. The van der Waals surface area contributed by atoms with E-state index in [9.17, 15) is 13.2 Å². The van der Waals surface area contributed by atoms with Gasteiger partial charge in [-0.15, -0.1) is 0 Å². The van der Waals surface area contributed by atoms with Crippen LogP contribution in [0, 0.1) is 13.8 Å². The molecule has 0 radical (unpaired) electrons. The molecule has 0 fully saturated rings. The molecule has 1 aromatic heterocycles. The van der Waals surface area contributed by atoms with Crippen LogP contribution < -0.4 is 14.4 Å². The van der Waals surface area contributed by atoms with Gasteiger partial charge < -0.3 is 14.5 Å². The second-order valence-corrected chi connectivity index (χ2v) is 11.1. The Morgan fingerprint density at radius 3 is 2.41 bits per heavy atom. The van der Waals surface area contributed by atoms with Crippen molar-refractivity contribution in [2.45, 2.75) is 24.8 Å². The number of para-hydroxylation sites is 1. The van der Waals surface area contributed by atoms with Gasteiger partial charge in [-0.3, -0.25) is 9.10 Å². The summed E-state index contributed by atoms with van der Waals surface area (Å²) in [6.45, 7) is 3.62. The summed E-state index contributed by atoms with van der Waals surface area (Å²) in [6.07, 6.45) is -1.05. The van der Waals surface area contributed by atoms with Crippen LogP contribution in [-0.4, -0.2) is 27.0 Å². The first-order valence-corrected chi connectivity index (χ1v) is 13.3. The van der Waals surface area contributed by atoms with Crippen LogP contribution in [0.4, 0.5) is 11.4 Å². The van der Waals surface area contributed by atoms with Gasteiger partial charge in [-0.25, -0.2) is 8.42 Å². The first kappa shape index (κ1) is 23.1. The monoisotopic (exact) mass is 512 g/mol. The molecule has 4 aromatic carbocycles. The average molecular weight is 513 g/mol. The van der Waals surface area contributed by atoms with Crippen molar-refractivity contribution in [2.24, 2.45) is 0 Å². The van der Waals surface area contributed by atoms with Crippen LogP contribution in [0.1, 0.15) is 11.1 Å². The van der Waals surface area contributed by atoms with Crippen LogP contribution in [-0.2, 0) is 14.8 Å². The predicted octanol–water partition coefficient (Wildman–Crippen LogP) is 5.80. The van der Waals surface area contributed by atoms with Crippen molar-refractivity contribution in [2.75, 3.05) is 16.2 Å². The summed E-state index contributed by atoms with van der Waals surface area (Å²) >= 11 is 0. The van der Waals surface area contributed by atoms with Gasteiger partial charge in [-0.05, 0) is 61.9 Å². The molecule has 37 heavy (non-hydrogen) atoms. The van der Waals surface area contributed by atoms with Gasteiger partial charge in [0.2, 0.25) is 0 Å². The van der Waals surface area contributed by atoms with Gasteiger partial charge in [0.1, 0.15) is 16.9 Å². The molecule has 1 aliphatic heterocycles. The minimum Gasteiger partial charge on any atom is -0.476 e. The number of aryl methyl sites for hydroxylation is 2. The second-order valence-electron chi connectivity index (χ2n) is 9.23. The van der Waals surface area contributed by atoms with Gasteiger partial charge in [-0.1, -0.05) is 42.0 Å². The number of hydrogen-bond donors (Lipinski definition) is 1. The number of carbonyl (C=O) groups is 1. The van der Waals surface area contributed by atoms with Crippen LogP contribution in [0.25, 0.3) is 21.9 Å². The van der Waals surface area contributed by atoms with E-state index in [1.807, 2.05) is 50.2 Å². The van der Waals surface area contributed by atoms with Gasteiger partial charge >= 0.3 is 0 Å². The lowest BCUT2D eigenvalue weighted by atomic mass is 10.1. The highest BCUT2D eigenvalue weighted by molar-refractivity contribution is 7.92. The Kier molecular flexibility index (Phi) is 5.42. The zero-order valence-electron chi connectivity index (χ0n) is 20.3. The molecule has 1 atom stereocenters. The first-order valence-electron chi connectivity index (χ1n) is 11.9. The molecule has 0 bridgehead atoms. The van der Waals surface area contributed by atoms with E-state index in [2.05, 4.69) is 5.32 Å². The topological polar surface area (TPSA) is 88.9 Å². The molecular weight excluding hydrogens is 488 g/mol. The number of furan rings is 1. The molecule has 0 saturated carbocycles. The Bertz CT molecular complexity index is 1770. The highest BCUT2D eigenvalue weighted by atomic mass is 32.2. The molecule has 0 spiro atoms. The SMILES string of the molecule is Cc1ccc(S(=O)(=O)N2C[C@@H](C(=O)Nc3ccc4c(c3)oc3ccccc34)Oc3cc(C)ccc32)cc1. The summed E-state index contributed by atoms with van der Waals surface area (Å²) in [4.78, 5) is 13.5. The van der Waals surface area contributed by atoms with Gasteiger partial charge in [-0.2, -0.15) is 0 Å². The molecule has 7 nitrogen and oxygen atoms in total. The quantitative estimate of drug-likeness (QED) is 0.329. The Balaban J connectivity index is 1.32. The summed E-state index contributed by atoms with van der Waals surface area (Å²) in [5, 5.41) is 4.81. The van der Waals surface area contributed by atoms with Crippen molar-refractivity contribution in [3.8, 4) is 5.75 Å². The predicted molar refractivity (Wildman–Crippen MR) is 144 cm³/mol. The van der Waals surface area contributed by atoms with Crippen LogP contribution in [0.5, 0.6) is 5.75 Å². The third kappa shape index (κ3) is 4.09. The number of nitrogens with zero attached hydrogens (tertiary/aromatic N) is 1. The van der Waals surface area contributed by atoms with Gasteiger partial charge in [0.25, 0.3) is 15.9 Å². The number of nitrogens with one attached hydrogen (secondary N) is 1. The molecule has 8 heteroatoms. The highest BCUT2D eigenvalue weighted by Gasteiger charge is 2.37. The number of fused-ring (bicyclic) bond motifs is 4. The van der Waals surface area contributed by atoms with Crippen LogP contribution in [0.2, 0.25) is 0 Å². The van der Waals surface area contributed by atoms with Crippen molar-refractivity contribution in [1.29, 1.82) is 0 Å². The summed E-state index contributed by atoms with van der Waals surface area (Å²) < 4.78 is 40.5. The molecule has 186 valence electrons. The third-order valence-electron chi connectivity index (χ3n) is 6.53. The summed E-state index contributed by atoms with van der Waals surface area (Å²) in [5.41, 5.74) is 4.19. The van der Waals surface area contributed by atoms with E-state index in [0.717, 1.165) is 27.5 Å². The molecule has 5 aromatic rings. The number of hydrogen-bond acceptors (Lipinski definition) is 5. The minimum atomic E-state index is -3.93. The molecule has 6 rings (SSSR count). The van der Waals surface area contributed by atoms with Crippen molar-refractivity contribution in [3.63, 3.8) is 0 Å². The van der Waals surface area contributed by atoms with E-state index >= 15 is 0 Å². The lowest BCUT2D eigenvalue weighted by molar-refractivity contribution is -0.122. The van der Waals surface area contributed by atoms with E-state index in [-0.39, 0.29) is 11.4 Å². The van der Waals surface area contributed by atoms with Gasteiger partial charge in [0, 0.05) is 22.5 Å². The second kappa shape index (κ2) is 8.67. The molecule has 2 heterocycles. The fourth-order valence-corrected chi connectivity index (χ4v) is 6.07. The third-order valence-corrected chi connectivity index (χ3v) is 8.33. The maximum atomic E-state index is 13.6. The number of carbonyl (C=O) groups excluding carboxylic acids is 1. The molecule has 1 aliphatic rings. The molecule has 0 saturated heterocycles. The molecule has 1 N–H and O–H groups in total. The van der Waals surface area contributed by atoms with Crippen molar-refractivity contribution in [3.05, 3.63) is 96.1 Å². The fraction of sp³-hybridized carbons (Fsp3) is 0.138. The number of anilines is 2. The average Bonchev–Trinajstić information content (AvgIpc) is 3.25. The molecule has 1 amide bonds. The maximum absolute atomic E-state index is 13.6. The molecule has 0 aliphatic carbocycles. The fourth-order valence-electron chi connectivity index (χ4n) is 4.59. The Morgan fingerprint density at radius 1 is 0.865 bits per heavy atom. The lowest BCUT2D eigenvalue weighted by Gasteiger charge is -2.35. The standard InChI is InChI=1S/C29H24N2O5S/c1-18-7-11-21(12-8-18)37(33,34)31-17-28(36-27-15-19(2)9-14-24(27)31)29(32)30-20-10-13-23-22-5-3-4-6-25(22)35-26(23)16-20/h3-16,28H,17H2,1-2H3,(H,30,32)/t28-/m0/s1. The normalized spacial score (nSPS) is 15.4. The largest absolute Gasteiger partial charge is 0.476 e. The highest BCUT2D eigenvalue weighted by Crippen LogP contribution is 2.38. The van der Waals surface area contributed by atoms with E-state index in [1.165, 1.54) is 4.31 Å². The first-order chi connectivity index (χ1) is 17.8. The Hall–Kier alpha value is -4.30. The number of amides is 1. The Labute approximate surface area is 214 Å². The smallest absolute Gasteiger partial charge is 0.267 e. The van der Waals surface area contributed by atoms with Crippen LogP contribution >= 0.6 is 0 Å². The van der Waals surface area contributed by atoms with E-state index in [0.29, 0.717) is 22.7 Å². The van der Waals surface area contributed by atoms with Crippen LogP contribution in [0.15, 0.2) is 94.2 Å².